The van der Waals surface area contributed by atoms with Crippen molar-refractivity contribution in [3.05, 3.63) is 48.0 Å². The number of benzene rings is 2. The molecule has 138 valence electrons. The summed E-state index contributed by atoms with van der Waals surface area (Å²) in [5, 5.41) is 6.31. The number of amides is 2. The van der Waals surface area contributed by atoms with Crippen molar-refractivity contribution < 1.29 is 14.3 Å². The lowest BCUT2D eigenvalue weighted by atomic mass is 9.89. The summed E-state index contributed by atoms with van der Waals surface area (Å²) in [7, 11) is 1.62. The van der Waals surface area contributed by atoms with Crippen LogP contribution in [0.2, 0.25) is 0 Å². The number of fused-ring (bicyclic) bond motifs is 2. The Morgan fingerprint density at radius 3 is 3.04 bits per heavy atom. The van der Waals surface area contributed by atoms with Crippen LogP contribution in [-0.4, -0.2) is 23.9 Å². The van der Waals surface area contributed by atoms with Crippen LogP contribution >= 0.6 is 11.3 Å². The quantitative estimate of drug-likeness (QED) is 0.704. The Kier molecular flexibility index (Phi) is 4.77. The third kappa shape index (κ3) is 3.78. The molecule has 6 nitrogen and oxygen atoms in total. The third-order valence-electron chi connectivity index (χ3n) is 4.67. The average Bonchev–Trinajstić information content (AvgIpc) is 3.07. The number of nitrogens with zero attached hydrogens (tertiary/aromatic N) is 1. The largest absolute Gasteiger partial charge is 0.497 e. The summed E-state index contributed by atoms with van der Waals surface area (Å²) < 4.78 is 6.16. The van der Waals surface area contributed by atoms with Gasteiger partial charge in [0.25, 0.3) is 0 Å². The molecule has 2 heterocycles. The van der Waals surface area contributed by atoms with Crippen LogP contribution in [0, 0.1) is 5.92 Å². The number of rotatable bonds is 5. The molecule has 3 aromatic rings. The van der Waals surface area contributed by atoms with Gasteiger partial charge in [-0.2, -0.15) is 0 Å². The number of ether oxygens (including phenoxy) is 1. The standard InChI is InChI=1S/C20H19N3O3S/c1-26-14-7-8-16-17(11-14)27-20(22-16)23-18(24)9-6-13-10-12-4-2-3-5-15(12)21-19(13)25/h2-5,7-8,11,13H,6,9-10H2,1H3,(H,21,25)(H,22,23,24)/t13-/m0/s1. The number of anilines is 2. The second kappa shape index (κ2) is 7.36. The monoisotopic (exact) mass is 381 g/mol. The van der Waals surface area contributed by atoms with Gasteiger partial charge in [0.1, 0.15) is 5.75 Å². The Morgan fingerprint density at radius 1 is 1.33 bits per heavy atom. The molecule has 7 heteroatoms. The smallest absolute Gasteiger partial charge is 0.227 e. The molecule has 27 heavy (non-hydrogen) atoms. The molecule has 0 radical (unpaired) electrons. The maximum absolute atomic E-state index is 12.3. The molecule has 0 fully saturated rings. The van der Waals surface area contributed by atoms with E-state index >= 15 is 0 Å². The lowest BCUT2D eigenvalue weighted by Gasteiger charge is -2.24. The van der Waals surface area contributed by atoms with Crippen LogP contribution in [-0.2, 0) is 16.0 Å². The number of nitrogens with one attached hydrogen (secondary N) is 2. The number of thiazole rings is 1. The summed E-state index contributed by atoms with van der Waals surface area (Å²) in [6.07, 6.45) is 1.44. The number of carbonyl (C=O) groups excluding carboxylic acids is 2. The molecular weight excluding hydrogens is 362 g/mol. The van der Waals surface area contributed by atoms with Gasteiger partial charge in [-0.15, -0.1) is 0 Å². The Morgan fingerprint density at radius 2 is 2.19 bits per heavy atom. The SMILES string of the molecule is COc1ccc2nc(NC(=O)CC[C@H]3Cc4ccccc4NC3=O)sc2c1. The number of methoxy groups -OCH3 is 1. The van der Waals surface area contributed by atoms with Gasteiger partial charge in [0.2, 0.25) is 11.8 Å². The van der Waals surface area contributed by atoms with E-state index in [4.69, 9.17) is 4.74 Å². The van der Waals surface area contributed by atoms with Crippen molar-refractivity contribution >= 4 is 44.2 Å². The molecule has 2 aromatic carbocycles. The van der Waals surface area contributed by atoms with Gasteiger partial charge in [-0.3, -0.25) is 9.59 Å². The van der Waals surface area contributed by atoms with E-state index in [0.717, 1.165) is 27.2 Å². The summed E-state index contributed by atoms with van der Waals surface area (Å²) in [5.41, 5.74) is 2.80. The Bertz CT molecular complexity index is 1010. The number of para-hydroxylation sites is 1. The minimum absolute atomic E-state index is 0.0198. The minimum atomic E-state index is -0.190. The molecule has 0 spiro atoms. The molecule has 0 saturated carbocycles. The lowest BCUT2D eigenvalue weighted by Crippen LogP contribution is -2.30. The minimum Gasteiger partial charge on any atom is -0.497 e. The topological polar surface area (TPSA) is 80.3 Å². The summed E-state index contributed by atoms with van der Waals surface area (Å²) in [6, 6.07) is 13.4. The fourth-order valence-corrected chi connectivity index (χ4v) is 4.13. The molecule has 4 rings (SSSR count). The van der Waals surface area contributed by atoms with Crippen LogP contribution < -0.4 is 15.4 Å². The lowest BCUT2D eigenvalue weighted by molar-refractivity contribution is -0.121. The van der Waals surface area contributed by atoms with Gasteiger partial charge < -0.3 is 15.4 Å². The highest BCUT2D eigenvalue weighted by Crippen LogP contribution is 2.30. The molecule has 2 N–H and O–H groups in total. The summed E-state index contributed by atoms with van der Waals surface area (Å²) in [5.74, 6) is 0.416. The Labute approximate surface area is 160 Å². The van der Waals surface area contributed by atoms with E-state index in [1.807, 2.05) is 42.5 Å². The Hall–Kier alpha value is -2.93. The second-order valence-corrected chi connectivity index (χ2v) is 7.52. The van der Waals surface area contributed by atoms with Crippen LogP contribution in [0.4, 0.5) is 10.8 Å². The van der Waals surface area contributed by atoms with Crippen molar-refractivity contribution in [2.75, 3.05) is 17.7 Å². The average molecular weight is 381 g/mol. The molecule has 0 unspecified atom stereocenters. The summed E-state index contributed by atoms with van der Waals surface area (Å²) in [6.45, 7) is 0. The van der Waals surface area contributed by atoms with Crippen molar-refractivity contribution in [1.29, 1.82) is 0 Å². The first-order valence-corrected chi connectivity index (χ1v) is 9.57. The van der Waals surface area contributed by atoms with Crippen molar-refractivity contribution in [2.24, 2.45) is 5.92 Å². The molecule has 0 aliphatic carbocycles. The summed E-state index contributed by atoms with van der Waals surface area (Å²) in [4.78, 5) is 29.0. The first-order valence-electron chi connectivity index (χ1n) is 8.75. The predicted octanol–water partition coefficient (Wildman–Crippen LogP) is 3.83. The van der Waals surface area contributed by atoms with Crippen LogP contribution in [0.5, 0.6) is 5.75 Å². The van der Waals surface area contributed by atoms with Crippen LogP contribution in [0.3, 0.4) is 0 Å². The van der Waals surface area contributed by atoms with Gasteiger partial charge in [0, 0.05) is 18.0 Å². The maximum atomic E-state index is 12.3. The van der Waals surface area contributed by atoms with Gasteiger partial charge in [-0.1, -0.05) is 29.5 Å². The van der Waals surface area contributed by atoms with Crippen molar-refractivity contribution in [3.63, 3.8) is 0 Å². The highest BCUT2D eigenvalue weighted by Gasteiger charge is 2.26. The molecule has 1 aliphatic heterocycles. The van der Waals surface area contributed by atoms with Crippen molar-refractivity contribution in [2.45, 2.75) is 19.3 Å². The second-order valence-electron chi connectivity index (χ2n) is 6.49. The summed E-state index contributed by atoms with van der Waals surface area (Å²) >= 11 is 1.41. The normalized spacial score (nSPS) is 15.9. The van der Waals surface area contributed by atoms with Gasteiger partial charge in [0.05, 0.1) is 17.3 Å². The van der Waals surface area contributed by atoms with E-state index in [0.29, 0.717) is 18.0 Å². The van der Waals surface area contributed by atoms with E-state index in [1.54, 1.807) is 7.11 Å². The fraction of sp³-hybridized carbons (Fsp3) is 0.250. The van der Waals surface area contributed by atoms with E-state index in [-0.39, 0.29) is 24.2 Å². The third-order valence-corrected chi connectivity index (χ3v) is 5.61. The number of aromatic nitrogens is 1. The van der Waals surface area contributed by atoms with Gasteiger partial charge in [0.15, 0.2) is 5.13 Å². The first kappa shape index (κ1) is 17.5. The predicted molar refractivity (Wildman–Crippen MR) is 106 cm³/mol. The fourth-order valence-electron chi connectivity index (χ4n) is 3.22. The van der Waals surface area contributed by atoms with E-state index < -0.39 is 0 Å². The number of carbonyl (C=O) groups is 2. The molecule has 2 amide bonds. The number of hydrogen-bond acceptors (Lipinski definition) is 5. The highest BCUT2D eigenvalue weighted by molar-refractivity contribution is 7.22. The van der Waals surface area contributed by atoms with Crippen LogP contribution in [0.25, 0.3) is 10.2 Å². The molecule has 0 bridgehead atoms. The van der Waals surface area contributed by atoms with Gasteiger partial charge in [-0.25, -0.2) is 4.98 Å². The van der Waals surface area contributed by atoms with Crippen LogP contribution in [0.15, 0.2) is 42.5 Å². The van der Waals surface area contributed by atoms with Crippen molar-refractivity contribution in [1.82, 2.24) is 4.98 Å². The Balaban J connectivity index is 1.37. The maximum Gasteiger partial charge on any atom is 0.227 e. The van der Waals surface area contributed by atoms with Gasteiger partial charge >= 0.3 is 0 Å². The zero-order valence-electron chi connectivity index (χ0n) is 14.8. The zero-order chi connectivity index (χ0) is 18.8. The van der Waals surface area contributed by atoms with E-state index in [9.17, 15) is 9.59 Å². The van der Waals surface area contributed by atoms with Crippen molar-refractivity contribution in [3.8, 4) is 5.75 Å². The van der Waals surface area contributed by atoms with Crippen LogP contribution in [0.1, 0.15) is 18.4 Å². The molecule has 1 atom stereocenters. The zero-order valence-corrected chi connectivity index (χ0v) is 15.6. The molecule has 1 aliphatic rings. The number of hydrogen-bond donors (Lipinski definition) is 2. The van der Waals surface area contributed by atoms with E-state index in [1.165, 1.54) is 11.3 Å². The van der Waals surface area contributed by atoms with E-state index in [2.05, 4.69) is 15.6 Å². The molecular formula is C20H19N3O3S. The highest BCUT2D eigenvalue weighted by atomic mass is 32.1. The van der Waals surface area contributed by atoms with Gasteiger partial charge in [-0.05, 0) is 42.7 Å². The first-order chi connectivity index (χ1) is 13.1. The molecule has 1 aromatic heterocycles. The molecule has 0 saturated heterocycles.